The molecule has 4 heteroatoms. The number of rotatable bonds is 4. The monoisotopic (exact) mass is 295 g/mol. The van der Waals surface area contributed by atoms with E-state index in [1.807, 2.05) is 54.6 Å². The summed E-state index contributed by atoms with van der Waals surface area (Å²) in [5, 5.41) is 0. The fourth-order valence-corrected chi connectivity index (χ4v) is 2.58. The molecule has 3 rings (SSSR count). The average Bonchev–Trinajstić information content (AvgIpc) is 2.82. The Labute approximate surface area is 129 Å². The van der Waals surface area contributed by atoms with Gasteiger partial charge in [0.1, 0.15) is 12.4 Å². The van der Waals surface area contributed by atoms with Gasteiger partial charge in [0.15, 0.2) is 0 Å². The quantitative estimate of drug-likeness (QED) is 0.815. The number of likely N-dealkylation sites (N-methyl/N-ethyl adjacent to an activating group) is 1. The summed E-state index contributed by atoms with van der Waals surface area (Å²) in [6.45, 7) is 0.474. The number of nitrogens with zero attached hydrogens (tertiary/aromatic N) is 1. The second-order valence-corrected chi connectivity index (χ2v) is 5.39. The van der Waals surface area contributed by atoms with Crippen LogP contribution in [-0.2, 0) is 16.2 Å². The molecule has 112 valence electrons. The van der Waals surface area contributed by atoms with E-state index < -0.39 is 5.92 Å². The van der Waals surface area contributed by atoms with Crippen LogP contribution in [0.5, 0.6) is 5.75 Å². The molecule has 0 aromatic heterocycles. The van der Waals surface area contributed by atoms with E-state index in [1.165, 1.54) is 11.9 Å². The molecule has 1 aliphatic rings. The van der Waals surface area contributed by atoms with E-state index in [9.17, 15) is 9.59 Å². The number of imide groups is 1. The lowest BCUT2D eigenvalue weighted by Crippen LogP contribution is -2.25. The first-order valence-corrected chi connectivity index (χ1v) is 7.22. The van der Waals surface area contributed by atoms with Gasteiger partial charge in [0.25, 0.3) is 0 Å². The second-order valence-electron chi connectivity index (χ2n) is 5.39. The molecule has 0 N–H and O–H groups in total. The van der Waals surface area contributed by atoms with Crippen molar-refractivity contribution >= 4 is 11.8 Å². The van der Waals surface area contributed by atoms with E-state index in [1.54, 1.807) is 0 Å². The molecule has 1 heterocycles. The van der Waals surface area contributed by atoms with Gasteiger partial charge in [0, 0.05) is 13.5 Å². The van der Waals surface area contributed by atoms with Gasteiger partial charge in [-0.15, -0.1) is 0 Å². The van der Waals surface area contributed by atoms with E-state index >= 15 is 0 Å². The number of carbonyl (C=O) groups is 2. The molecule has 0 spiro atoms. The van der Waals surface area contributed by atoms with Gasteiger partial charge in [-0.25, -0.2) is 0 Å². The number of ether oxygens (including phenoxy) is 1. The molecule has 0 radical (unpaired) electrons. The van der Waals surface area contributed by atoms with Gasteiger partial charge in [-0.2, -0.15) is 0 Å². The van der Waals surface area contributed by atoms with Crippen molar-refractivity contribution in [2.75, 3.05) is 7.05 Å². The number of likely N-dealkylation sites (tertiary alicyclic amines) is 1. The first-order valence-electron chi connectivity index (χ1n) is 7.22. The highest BCUT2D eigenvalue weighted by molar-refractivity contribution is 6.05. The molecule has 4 nitrogen and oxygen atoms in total. The molecule has 2 aromatic carbocycles. The van der Waals surface area contributed by atoms with Crippen LogP contribution in [0.2, 0.25) is 0 Å². The van der Waals surface area contributed by atoms with Crippen LogP contribution in [0.25, 0.3) is 0 Å². The molecule has 1 atom stereocenters. The largest absolute Gasteiger partial charge is 0.489 e. The summed E-state index contributed by atoms with van der Waals surface area (Å²) in [7, 11) is 1.53. The van der Waals surface area contributed by atoms with Gasteiger partial charge >= 0.3 is 0 Å². The lowest BCUT2D eigenvalue weighted by atomic mass is 9.97. The van der Waals surface area contributed by atoms with Gasteiger partial charge in [-0.1, -0.05) is 42.5 Å². The molecule has 1 saturated heterocycles. The maximum absolute atomic E-state index is 12.1. The van der Waals surface area contributed by atoms with Crippen molar-refractivity contribution in [3.8, 4) is 5.75 Å². The third kappa shape index (κ3) is 2.86. The van der Waals surface area contributed by atoms with Crippen LogP contribution in [0.1, 0.15) is 23.5 Å². The maximum atomic E-state index is 12.1. The normalized spacial score (nSPS) is 17.9. The Morgan fingerprint density at radius 1 is 1.09 bits per heavy atom. The van der Waals surface area contributed by atoms with Gasteiger partial charge in [-0.3, -0.25) is 14.5 Å². The van der Waals surface area contributed by atoms with Crippen LogP contribution in [0, 0.1) is 0 Å². The zero-order chi connectivity index (χ0) is 15.5. The molecule has 2 amide bonds. The zero-order valence-corrected chi connectivity index (χ0v) is 12.4. The highest BCUT2D eigenvalue weighted by Gasteiger charge is 2.36. The minimum absolute atomic E-state index is 0.134. The zero-order valence-electron chi connectivity index (χ0n) is 12.4. The average molecular weight is 295 g/mol. The maximum Gasteiger partial charge on any atom is 0.236 e. The molecule has 22 heavy (non-hydrogen) atoms. The SMILES string of the molecule is CN1C(=O)C[C@@H](c2cccc(OCc3ccccc3)c2)C1=O. The summed E-state index contributed by atoms with van der Waals surface area (Å²) in [6, 6.07) is 17.3. The Balaban J connectivity index is 1.73. The van der Waals surface area contributed by atoms with E-state index in [0.29, 0.717) is 12.4 Å². The number of hydrogen-bond acceptors (Lipinski definition) is 3. The topological polar surface area (TPSA) is 46.6 Å². The summed E-state index contributed by atoms with van der Waals surface area (Å²) < 4.78 is 5.77. The van der Waals surface area contributed by atoms with Crippen LogP contribution in [-0.4, -0.2) is 23.8 Å². The summed E-state index contributed by atoms with van der Waals surface area (Å²) in [5.41, 5.74) is 1.91. The molecule has 1 aliphatic heterocycles. The molecule has 0 bridgehead atoms. The Bertz CT molecular complexity index is 696. The van der Waals surface area contributed by atoms with Gasteiger partial charge in [0.05, 0.1) is 5.92 Å². The van der Waals surface area contributed by atoms with Crippen LogP contribution in [0.15, 0.2) is 54.6 Å². The Kier molecular flexibility index (Phi) is 3.92. The van der Waals surface area contributed by atoms with E-state index in [4.69, 9.17) is 4.74 Å². The Morgan fingerprint density at radius 3 is 2.55 bits per heavy atom. The second kappa shape index (κ2) is 6.02. The number of benzene rings is 2. The predicted molar refractivity (Wildman–Crippen MR) is 82.4 cm³/mol. The number of carbonyl (C=O) groups excluding carboxylic acids is 2. The third-order valence-electron chi connectivity index (χ3n) is 3.89. The highest BCUT2D eigenvalue weighted by atomic mass is 16.5. The lowest BCUT2D eigenvalue weighted by Gasteiger charge is -2.11. The Morgan fingerprint density at radius 2 is 1.86 bits per heavy atom. The number of amides is 2. The standard InChI is InChI=1S/C18H17NO3/c1-19-17(20)11-16(18(19)21)14-8-5-9-15(10-14)22-12-13-6-3-2-4-7-13/h2-10,16H,11-12H2,1H3/t16-/m0/s1. The third-order valence-corrected chi connectivity index (χ3v) is 3.89. The smallest absolute Gasteiger partial charge is 0.236 e. The fourth-order valence-electron chi connectivity index (χ4n) is 2.58. The number of hydrogen-bond donors (Lipinski definition) is 0. The molecule has 2 aromatic rings. The summed E-state index contributed by atoms with van der Waals surface area (Å²) in [5.74, 6) is 0.0322. The summed E-state index contributed by atoms with van der Waals surface area (Å²) in [6.07, 6.45) is 0.234. The molecular formula is C18H17NO3. The predicted octanol–water partition coefficient (Wildman–Crippen LogP) is 2.74. The fraction of sp³-hybridized carbons (Fsp3) is 0.222. The van der Waals surface area contributed by atoms with Crippen molar-refractivity contribution in [3.63, 3.8) is 0 Å². The van der Waals surface area contributed by atoms with Gasteiger partial charge < -0.3 is 4.74 Å². The molecule has 0 aliphatic carbocycles. The Hall–Kier alpha value is -2.62. The van der Waals surface area contributed by atoms with Crippen molar-refractivity contribution in [3.05, 3.63) is 65.7 Å². The van der Waals surface area contributed by atoms with E-state index in [0.717, 1.165) is 11.1 Å². The minimum Gasteiger partial charge on any atom is -0.489 e. The van der Waals surface area contributed by atoms with E-state index in [2.05, 4.69) is 0 Å². The molecule has 0 saturated carbocycles. The van der Waals surface area contributed by atoms with Crippen LogP contribution in [0.3, 0.4) is 0 Å². The molecule has 0 unspecified atom stereocenters. The molecular weight excluding hydrogens is 278 g/mol. The first kappa shape index (κ1) is 14.3. The van der Waals surface area contributed by atoms with Crippen molar-refractivity contribution in [2.45, 2.75) is 18.9 Å². The first-order chi connectivity index (χ1) is 10.6. The lowest BCUT2D eigenvalue weighted by molar-refractivity contribution is -0.137. The van der Waals surface area contributed by atoms with Crippen molar-refractivity contribution < 1.29 is 14.3 Å². The highest BCUT2D eigenvalue weighted by Crippen LogP contribution is 2.30. The van der Waals surface area contributed by atoms with Crippen LogP contribution in [0.4, 0.5) is 0 Å². The molecule has 1 fully saturated rings. The van der Waals surface area contributed by atoms with Crippen LogP contribution >= 0.6 is 0 Å². The van der Waals surface area contributed by atoms with Crippen LogP contribution < -0.4 is 4.74 Å². The van der Waals surface area contributed by atoms with Gasteiger partial charge in [0.2, 0.25) is 11.8 Å². The minimum atomic E-state index is -0.391. The summed E-state index contributed by atoms with van der Waals surface area (Å²) in [4.78, 5) is 24.9. The van der Waals surface area contributed by atoms with Crippen molar-refractivity contribution in [1.82, 2.24) is 4.90 Å². The van der Waals surface area contributed by atoms with Gasteiger partial charge in [-0.05, 0) is 23.3 Å². The summed E-state index contributed by atoms with van der Waals surface area (Å²) >= 11 is 0. The van der Waals surface area contributed by atoms with Crippen molar-refractivity contribution in [2.24, 2.45) is 0 Å². The van der Waals surface area contributed by atoms with E-state index in [-0.39, 0.29) is 18.2 Å². The van der Waals surface area contributed by atoms with Crippen molar-refractivity contribution in [1.29, 1.82) is 0 Å².